The molecule has 0 aromatic heterocycles. The molecule has 23 heavy (non-hydrogen) atoms. The van der Waals surface area contributed by atoms with Crippen LogP contribution in [0.1, 0.15) is 0 Å². The van der Waals surface area contributed by atoms with Gasteiger partial charge in [0.25, 0.3) is 0 Å². The van der Waals surface area contributed by atoms with Gasteiger partial charge in [-0.15, -0.1) is 0 Å². The standard InChI is InChI=1S/C18H17BO4/c1-22-16-10-14-9-13(5-8-17(14)18(11-16)23-2)12-3-6-15(7-4-12)19(20)21/h3-11,20-21H,1-2H3. The van der Waals surface area contributed by atoms with Crippen molar-refractivity contribution < 1.29 is 19.5 Å². The van der Waals surface area contributed by atoms with Crippen molar-refractivity contribution in [1.29, 1.82) is 0 Å². The number of fused-ring (bicyclic) bond motifs is 1. The Morgan fingerprint density at radius 3 is 2.09 bits per heavy atom. The largest absolute Gasteiger partial charge is 0.497 e. The fourth-order valence-electron chi connectivity index (χ4n) is 2.62. The third kappa shape index (κ3) is 3.02. The highest BCUT2D eigenvalue weighted by atomic mass is 16.5. The number of rotatable bonds is 4. The van der Waals surface area contributed by atoms with Gasteiger partial charge in [0.15, 0.2) is 0 Å². The van der Waals surface area contributed by atoms with Gasteiger partial charge in [-0.2, -0.15) is 0 Å². The number of methoxy groups -OCH3 is 2. The molecule has 0 saturated heterocycles. The second-order valence-corrected chi connectivity index (χ2v) is 5.26. The first-order valence-electron chi connectivity index (χ1n) is 7.24. The highest BCUT2D eigenvalue weighted by Crippen LogP contribution is 2.33. The highest BCUT2D eigenvalue weighted by Gasteiger charge is 2.11. The van der Waals surface area contributed by atoms with Gasteiger partial charge in [0.1, 0.15) is 11.5 Å². The van der Waals surface area contributed by atoms with Crippen LogP contribution < -0.4 is 14.9 Å². The average Bonchev–Trinajstić information content (AvgIpc) is 2.60. The van der Waals surface area contributed by atoms with E-state index in [1.54, 1.807) is 26.4 Å². The first-order chi connectivity index (χ1) is 11.1. The molecule has 3 rings (SSSR count). The van der Waals surface area contributed by atoms with Crippen molar-refractivity contribution in [3.8, 4) is 22.6 Å². The van der Waals surface area contributed by atoms with E-state index < -0.39 is 7.12 Å². The molecule has 0 spiro atoms. The van der Waals surface area contributed by atoms with Crippen molar-refractivity contribution in [3.63, 3.8) is 0 Å². The highest BCUT2D eigenvalue weighted by molar-refractivity contribution is 6.58. The summed E-state index contributed by atoms with van der Waals surface area (Å²) >= 11 is 0. The lowest BCUT2D eigenvalue weighted by Gasteiger charge is -2.11. The number of benzene rings is 3. The minimum absolute atomic E-state index is 0.470. The lowest BCUT2D eigenvalue weighted by Crippen LogP contribution is -2.29. The molecule has 0 aliphatic rings. The van der Waals surface area contributed by atoms with Gasteiger partial charge < -0.3 is 19.5 Å². The van der Waals surface area contributed by atoms with E-state index in [1.165, 1.54) is 0 Å². The van der Waals surface area contributed by atoms with E-state index in [4.69, 9.17) is 19.5 Å². The van der Waals surface area contributed by atoms with Gasteiger partial charge in [0.2, 0.25) is 0 Å². The second-order valence-electron chi connectivity index (χ2n) is 5.26. The molecule has 0 unspecified atom stereocenters. The Morgan fingerprint density at radius 2 is 1.48 bits per heavy atom. The van der Waals surface area contributed by atoms with E-state index in [2.05, 4.69) is 6.07 Å². The van der Waals surface area contributed by atoms with Gasteiger partial charge in [-0.1, -0.05) is 36.4 Å². The zero-order valence-corrected chi connectivity index (χ0v) is 13.0. The van der Waals surface area contributed by atoms with Crippen molar-refractivity contribution >= 4 is 23.4 Å². The van der Waals surface area contributed by atoms with Crippen molar-refractivity contribution in [2.24, 2.45) is 0 Å². The van der Waals surface area contributed by atoms with Gasteiger partial charge in [-0.25, -0.2) is 0 Å². The van der Waals surface area contributed by atoms with Crippen LogP contribution in [0.25, 0.3) is 21.9 Å². The molecule has 3 aromatic carbocycles. The summed E-state index contributed by atoms with van der Waals surface area (Å²) in [5.41, 5.74) is 2.50. The predicted molar refractivity (Wildman–Crippen MR) is 92.3 cm³/mol. The molecule has 5 heteroatoms. The minimum Gasteiger partial charge on any atom is -0.497 e. The van der Waals surface area contributed by atoms with E-state index in [9.17, 15) is 0 Å². The summed E-state index contributed by atoms with van der Waals surface area (Å²) in [5, 5.41) is 20.4. The Bertz CT molecular complexity index is 828. The molecule has 116 valence electrons. The Kier molecular flexibility index (Phi) is 4.23. The molecule has 0 radical (unpaired) electrons. The van der Waals surface area contributed by atoms with E-state index >= 15 is 0 Å². The summed E-state index contributed by atoms with van der Waals surface area (Å²) < 4.78 is 10.7. The van der Waals surface area contributed by atoms with Crippen LogP contribution in [0.15, 0.2) is 54.6 Å². The first kappa shape index (κ1) is 15.4. The Labute approximate surface area is 135 Å². The van der Waals surface area contributed by atoms with Crippen LogP contribution >= 0.6 is 0 Å². The van der Waals surface area contributed by atoms with Gasteiger partial charge in [0, 0.05) is 11.5 Å². The lowest BCUT2D eigenvalue weighted by molar-refractivity contribution is 0.398. The third-order valence-corrected chi connectivity index (χ3v) is 3.89. The molecule has 0 amide bonds. The van der Waals surface area contributed by atoms with Gasteiger partial charge in [-0.3, -0.25) is 0 Å². The fraction of sp³-hybridized carbons (Fsp3) is 0.111. The number of hydrogen-bond donors (Lipinski definition) is 2. The molecule has 4 nitrogen and oxygen atoms in total. The lowest BCUT2D eigenvalue weighted by atomic mass is 9.80. The van der Waals surface area contributed by atoms with Crippen LogP contribution in [0.4, 0.5) is 0 Å². The maximum atomic E-state index is 9.17. The minimum atomic E-state index is -1.45. The Balaban J connectivity index is 2.08. The zero-order valence-electron chi connectivity index (χ0n) is 13.0. The molecular weight excluding hydrogens is 291 g/mol. The summed E-state index contributed by atoms with van der Waals surface area (Å²) in [5.74, 6) is 1.51. The zero-order chi connectivity index (χ0) is 16.4. The van der Waals surface area contributed by atoms with Crippen LogP contribution in [0.2, 0.25) is 0 Å². The third-order valence-electron chi connectivity index (χ3n) is 3.89. The van der Waals surface area contributed by atoms with Crippen molar-refractivity contribution in [3.05, 3.63) is 54.6 Å². The topological polar surface area (TPSA) is 58.9 Å². The molecule has 0 fully saturated rings. The number of ether oxygens (including phenoxy) is 2. The first-order valence-corrected chi connectivity index (χ1v) is 7.24. The average molecular weight is 308 g/mol. The van der Waals surface area contributed by atoms with Crippen LogP contribution in [0.5, 0.6) is 11.5 Å². The molecule has 0 aliphatic heterocycles. The van der Waals surface area contributed by atoms with Crippen molar-refractivity contribution in [1.82, 2.24) is 0 Å². The normalized spacial score (nSPS) is 10.6. The van der Waals surface area contributed by atoms with Crippen LogP contribution in [0, 0.1) is 0 Å². The van der Waals surface area contributed by atoms with Crippen LogP contribution in [-0.2, 0) is 0 Å². The molecule has 0 atom stereocenters. The summed E-state index contributed by atoms with van der Waals surface area (Å²) in [6.45, 7) is 0. The Morgan fingerprint density at radius 1 is 0.783 bits per heavy atom. The summed E-state index contributed by atoms with van der Waals surface area (Å²) in [6.07, 6.45) is 0. The van der Waals surface area contributed by atoms with Crippen LogP contribution in [-0.4, -0.2) is 31.4 Å². The predicted octanol–water partition coefficient (Wildman–Crippen LogP) is 2.20. The van der Waals surface area contributed by atoms with E-state index in [0.29, 0.717) is 5.46 Å². The number of hydrogen-bond acceptors (Lipinski definition) is 4. The van der Waals surface area contributed by atoms with Crippen LogP contribution in [0.3, 0.4) is 0 Å². The molecule has 0 saturated carbocycles. The quantitative estimate of drug-likeness (QED) is 0.726. The fourth-order valence-corrected chi connectivity index (χ4v) is 2.62. The molecule has 0 bridgehead atoms. The van der Waals surface area contributed by atoms with Crippen molar-refractivity contribution in [2.45, 2.75) is 0 Å². The molecule has 3 aromatic rings. The van der Waals surface area contributed by atoms with Crippen molar-refractivity contribution in [2.75, 3.05) is 14.2 Å². The molecule has 2 N–H and O–H groups in total. The Hall–Kier alpha value is -2.50. The monoisotopic (exact) mass is 308 g/mol. The summed E-state index contributed by atoms with van der Waals surface area (Å²) in [6, 6.07) is 17.1. The van der Waals surface area contributed by atoms with E-state index in [1.807, 2.05) is 36.4 Å². The van der Waals surface area contributed by atoms with E-state index in [0.717, 1.165) is 33.4 Å². The maximum absolute atomic E-state index is 9.17. The second kappa shape index (κ2) is 6.32. The smallest absolute Gasteiger partial charge is 0.488 e. The summed E-state index contributed by atoms with van der Waals surface area (Å²) in [4.78, 5) is 0. The SMILES string of the molecule is COc1cc(OC)c2ccc(-c3ccc(B(O)O)cc3)cc2c1. The molecule has 0 heterocycles. The molecule has 0 aliphatic carbocycles. The van der Waals surface area contributed by atoms with E-state index in [-0.39, 0.29) is 0 Å². The maximum Gasteiger partial charge on any atom is 0.488 e. The van der Waals surface area contributed by atoms with Gasteiger partial charge in [-0.05, 0) is 34.1 Å². The van der Waals surface area contributed by atoms with Gasteiger partial charge in [0.05, 0.1) is 14.2 Å². The summed E-state index contributed by atoms with van der Waals surface area (Å²) in [7, 11) is 1.82. The molecular formula is C18H17BO4. The van der Waals surface area contributed by atoms with Gasteiger partial charge >= 0.3 is 7.12 Å².